The summed E-state index contributed by atoms with van der Waals surface area (Å²) in [7, 11) is 0. The number of benzene rings is 2. The molecule has 0 saturated heterocycles. The molecule has 0 bridgehead atoms. The predicted octanol–water partition coefficient (Wildman–Crippen LogP) is 4.78. The monoisotopic (exact) mass is 358 g/mol. The van der Waals surface area contributed by atoms with E-state index in [9.17, 15) is 4.79 Å². The lowest BCUT2D eigenvalue weighted by Gasteiger charge is -2.33. The third-order valence-corrected chi connectivity index (χ3v) is 5.65. The third-order valence-electron chi connectivity index (χ3n) is 5.65. The minimum atomic E-state index is 0.397. The van der Waals surface area contributed by atoms with E-state index < -0.39 is 0 Å². The normalized spacial score (nSPS) is 16.9. The van der Waals surface area contributed by atoms with Gasteiger partial charge in [-0.3, -0.25) is 9.69 Å². The highest BCUT2D eigenvalue weighted by Gasteiger charge is 2.30. The van der Waals surface area contributed by atoms with Crippen molar-refractivity contribution in [1.29, 1.82) is 0 Å². The van der Waals surface area contributed by atoms with Crippen molar-refractivity contribution in [2.45, 2.75) is 39.4 Å². The summed E-state index contributed by atoms with van der Waals surface area (Å²) in [5.41, 5.74) is 7.12. The summed E-state index contributed by atoms with van der Waals surface area (Å²) >= 11 is 0. The second kappa shape index (κ2) is 7.53. The molecule has 27 heavy (non-hydrogen) atoms. The Morgan fingerprint density at radius 3 is 2.15 bits per heavy atom. The van der Waals surface area contributed by atoms with E-state index in [2.05, 4.69) is 77.9 Å². The summed E-state index contributed by atoms with van der Waals surface area (Å²) in [6, 6.07) is 21.1. The minimum absolute atomic E-state index is 0.397. The molecule has 0 amide bonds. The van der Waals surface area contributed by atoms with Crippen LogP contribution in [0, 0.1) is 6.92 Å². The van der Waals surface area contributed by atoms with Crippen LogP contribution in [0.4, 0.5) is 0 Å². The smallest absolute Gasteiger partial charge is 0.152 e. The Morgan fingerprint density at radius 1 is 0.963 bits per heavy atom. The zero-order valence-corrected chi connectivity index (χ0v) is 16.1. The lowest BCUT2D eigenvalue weighted by molar-refractivity contribution is 0.112. The maximum absolute atomic E-state index is 11.9. The number of carbonyl (C=O) groups excluding carboxylic acids is 1. The molecule has 4 rings (SSSR count). The van der Waals surface area contributed by atoms with Crippen molar-refractivity contribution >= 4 is 6.29 Å². The van der Waals surface area contributed by atoms with Crippen LogP contribution in [0.25, 0.3) is 0 Å². The van der Waals surface area contributed by atoms with E-state index in [4.69, 9.17) is 0 Å². The molecular formula is C24H26N2O. The molecule has 0 aliphatic carbocycles. The Labute approximate surface area is 161 Å². The van der Waals surface area contributed by atoms with Crippen molar-refractivity contribution in [2.24, 2.45) is 0 Å². The average Bonchev–Trinajstić information content (AvgIpc) is 2.95. The van der Waals surface area contributed by atoms with Gasteiger partial charge >= 0.3 is 0 Å². The fraction of sp³-hybridized carbons (Fsp3) is 0.292. The number of carbonyl (C=O) groups is 1. The van der Waals surface area contributed by atoms with Gasteiger partial charge in [0.15, 0.2) is 6.29 Å². The lowest BCUT2D eigenvalue weighted by Crippen LogP contribution is -2.33. The number of aromatic nitrogens is 1. The summed E-state index contributed by atoms with van der Waals surface area (Å²) in [6.45, 7) is 7.96. The van der Waals surface area contributed by atoms with Crippen LogP contribution in [0.15, 0.2) is 60.7 Å². The molecule has 0 saturated carbocycles. The Kier molecular flexibility index (Phi) is 4.95. The first-order chi connectivity index (χ1) is 13.2. The molecule has 2 aromatic carbocycles. The minimum Gasteiger partial charge on any atom is -0.343 e. The van der Waals surface area contributed by atoms with Gasteiger partial charge in [0, 0.05) is 49.0 Å². The van der Waals surface area contributed by atoms with Crippen LogP contribution in [0.3, 0.4) is 0 Å². The number of nitrogens with zero attached hydrogens (tertiary/aromatic N) is 2. The highest BCUT2D eigenvalue weighted by molar-refractivity contribution is 5.80. The standard InChI is InChI=1S/C24H26N2O/c1-18-13-25(14-20-9-5-3-6-10-20)16-22-23(17-27)19(2)26(24(18)22)15-21-11-7-4-8-12-21/h3-12,17-18H,13-16H2,1-2H3. The van der Waals surface area contributed by atoms with Crippen LogP contribution < -0.4 is 0 Å². The van der Waals surface area contributed by atoms with E-state index in [0.717, 1.165) is 43.7 Å². The average molecular weight is 358 g/mol. The molecule has 1 aliphatic heterocycles. The van der Waals surface area contributed by atoms with Crippen molar-refractivity contribution < 1.29 is 4.79 Å². The maximum atomic E-state index is 11.9. The van der Waals surface area contributed by atoms with Gasteiger partial charge in [0.25, 0.3) is 0 Å². The Morgan fingerprint density at radius 2 is 1.56 bits per heavy atom. The second-order valence-corrected chi connectivity index (χ2v) is 7.61. The van der Waals surface area contributed by atoms with Crippen molar-refractivity contribution in [2.75, 3.05) is 6.54 Å². The van der Waals surface area contributed by atoms with E-state index in [0.29, 0.717) is 5.92 Å². The Hall–Kier alpha value is -2.65. The molecular weight excluding hydrogens is 332 g/mol. The molecule has 138 valence electrons. The summed E-state index contributed by atoms with van der Waals surface area (Å²) < 4.78 is 2.36. The molecule has 0 N–H and O–H groups in total. The molecule has 0 fully saturated rings. The summed E-state index contributed by atoms with van der Waals surface area (Å²) in [5, 5.41) is 0. The molecule has 3 heteroatoms. The first kappa shape index (κ1) is 17.7. The van der Waals surface area contributed by atoms with Gasteiger partial charge in [-0.1, -0.05) is 67.6 Å². The molecule has 0 radical (unpaired) electrons. The van der Waals surface area contributed by atoms with Gasteiger partial charge in [0.05, 0.1) is 0 Å². The Bertz CT molecular complexity index is 928. The molecule has 2 heterocycles. The predicted molar refractivity (Wildman–Crippen MR) is 109 cm³/mol. The van der Waals surface area contributed by atoms with Gasteiger partial charge in [-0.2, -0.15) is 0 Å². The molecule has 1 unspecified atom stereocenters. The summed E-state index contributed by atoms with van der Waals surface area (Å²) in [6.07, 6.45) is 1.05. The third kappa shape index (κ3) is 3.47. The maximum Gasteiger partial charge on any atom is 0.152 e. The van der Waals surface area contributed by atoms with Gasteiger partial charge in [-0.25, -0.2) is 0 Å². The first-order valence-corrected chi connectivity index (χ1v) is 9.64. The highest BCUT2D eigenvalue weighted by atomic mass is 16.1. The zero-order valence-electron chi connectivity index (χ0n) is 16.1. The number of aldehydes is 1. The fourth-order valence-corrected chi connectivity index (χ4v) is 4.43. The van der Waals surface area contributed by atoms with Crippen molar-refractivity contribution in [3.63, 3.8) is 0 Å². The zero-order chi connectivity index (χ0) is 18.8. The van der Waals surface area contributed by atoms with Crippen LogP contribution in [0.2, 0.25) is 0 Å². The van der Waals surface area contributed by atoms with Crippen LogP contribution in [-0.4, -0.2) is 22.3 Å². The van der Waals surface area contributed by atoms with E-state index in [1.807, 2.05) is 6.07 Å². The molecule has 3 aromatic rings. The van der Waals surface area contributed by atoms with Gasteiger partial charge < -0.3 is 4.57 Å². The van der Waals surface area contributed by atoms with Gasteiger partial charge in [0.1, 0.15) is 0 Å². The fourth-order valence-electron chi connectivity index (χ4n) is 4.43. The van der Waals surface area contributed by atoms with E-state index >= 15 is 0 Å². The summed E-state index contributed by atoms with van der Waals surface area (Å²) in [5.74, 6) is 0.397. The van der Waals surface area contributed by atoms with Crippen molar-refractivity contribution in [3.05, 3.63) is 94.3 Å². The van der Waals surface area contributed by atoms with Crippen LogP contribution in [-0.2, 0) is 19.6 Å². The van der Waals surface area contributed by atoms with E-state index in [1.165, 1.54) is 22.4 Å². The topological polar surface area (TPSA) is 25.2 Å². The van der Waals surface area contributed by atoms with Crippen LogP contribution >= 0.6 is 0 Å². The SMILES string of the molecule is Cc1c(C=O)c2c(n1Cc1ccccc1)C(C)CN(Cc1ccccc1)C2. The molecule has 1 atom stereocenters. The Balaban J connectivity index is 1.68. The van der Waals surface area contributed by atoms with Gasteiger partial charge in [-0.05, 0) is 23.6 Å². The number of fused-ring (bicyclic) bond motifs is 1. The lowest BCUT2D eigenvalue weighted by atomic mass is 9.95. The van der Waals surface area contributed by atoms with Gasteiger partial charge in [-0.15, -0.1) is 0 Å². The first-order valence-electron chi connectivity index (χ1n) is 9.64. The van der Waals surface area contributed by atoms with Gasteiger partial charge in [0.2, 0.25) is 0 Å². The number of hydrogen-bond donors (Lipinski definition) is 0. The highest BCUT2D eigenvalue weighted by Crippen LogP contribution is 2.35. The molecule has 0 spiro atoms. The van der Waals surface area contributed by atoms with E-state index in [-0.39, 0.29) is 0 Å². The van der Waals surface area contributed by atoms with E-state index in [1.54, 1.807) is 0 Å². The molecule has 1 aliphatic rings. The van der Waals surface area contributed by atoms with Crippen LogP contribution in [0.1, 0.15) is 51.3 Å². The van der Waals surface area contributed by atoms with Crippen molar-refractivity contribution in [1.82, 2.24) is 9.47 Å². The number of hydrogen-bond acceptors (Lipinski definition) is 2. The summed E-state index contributed by atoms with van der Waals surface area (Å²) in [4.78, 5) is 14.4. The largest absolute Gasteiger partial charge is 0.343 e. The number of rotatable bonds is 5. The molecule has 3 nitrogen and oxygen atoms in total. The quantitative estimate of drug-likeness (QED) is 0.614. The molecule has 1 aromatic heterocycles. The second-order valence-electron chi connectivity index (χ2n) is 7.61. The van der Waals surface area contributed by atoms with Crippen LogP contribution in [0.5, 0.6) is 0 Å². The van der Waals surface area contributed by atoms with Crippen molar-refractivity contribution in [3.8, 4) is 0 Å².